The van der Waals surface area contributed by atoms with Crippen molar-refractivity contribution in [2.75, 3.05) is 31.2 Å². The number of hydrogen-bond acceptors (Lipinski definition) is 4. The van der Waals surface area contributed by atoms with E-state index in [0.717, 1.165) is 41.1 Å². The van der Waals surface area contributed by atoms with Gasteiger partial charge in [-0.15, -0.1) is 11.8 Å². The van der Waals surface area contributed by atoms with E-state index in [1.807, 2.05) is 18.2 Å². The van der Waals surface area contributed by atoms with E-state index in [4.69, 9.17) is 22.1 Å². The van der Waals surface area contributed by atoms with Gasteiger partial charge in [-0.25, -0.2) is 0 Å². The summed E-state index contributed by atoms with van der Waals surface area (Å²) in [4.78, 5) is 3.49. The molecule has 0 amide bonds. The molecule has 0 radical (unpaired) electrons. The molecule has 106 valence electrons. The number of thioether (sulfide) groups is 1. The second-order valence-electron chi connectivity index (χ2n) is 5.08. The first-order valence-corrected chi connectivity index (χ1v) is 7.96. The molecule has 5 heteroatoms. The van der Waals surface area contributed by atoms with E-state index >= 15 is 0 Å². The maximum absolute atomic E-state index is 6.17. The number of anilines is 1. The van der Waals surface area contributed by atoms with Gasteiger partial charge < -0.3 is 10.5 Å². The van der Waals surface area contributed by atoms with Crippen LogP contribution < -0.4 is 5.73 Å². The smallest absolute Gasteiger partial charge is 0.0796 e. The van der Waals surface area contributed by atoms with Crippen molar-refractivity contribution in [3.63, 3.8) is 0 Å². The Kier molecular flexibility index (Phi) is 5.39. The van der Waals surface area contributed by atoms with E-state index in [-0.39, 0.29) is 6.10 Å². The third-order valence-corrected chi connectivity index (χ3v) is 4.91. The number of benzene rings is 1. The molecule has 1 aliphatic rings. The quantitative estimate of drug-likeness (QED) is 0.685. The number of morpholine rings is 1. The van der Waals surface area contributed by atoms with Crippen LogP contribution in [-0.4, -0.2) is 42.5 Å². The number of nitrogen functional groups attached to an aromatic ring is 1. The van der Waals surface area contributed by atoms with E-state index in [9.17, 15) is 0 Å². The molecule has 0 spiro atoms. The van der Waals surface area contributed by atoms with Gasteiger partial charge in [0.1, 0.15) is 0 Å². The van der Waals surface area contributed by atoms with Gasteiger partial charge in [-0.05, 0) is 32.0 Å². The van der Waals surface area contributed by atoms with E-state index in [1.165, 1.54) is 0 Å². The molecule has 1 atom stereocenters. The molecule has 1 aliphatic heterocycles. The summed E-state index contributed by atoms with van der Waals surface area (Å²) in [6, 6.07) is 6.17. The highest BCUT2D eigenvalue weighted by Crippen LogP contribution is 2.30. The van der Waals surface area contributed by atoms with E-state index < -0.39 is 0 Å². The zero-order valence-corrected chi connectivity index (χ0v) is 13.0. The van der Waals surface area contributed by atoms with Crippen molar-refractivity contribution in [1.29, 1.82) is 0 Å². The maximum Gasteiger partial charge on any atom is 0.0796 e. The van der Waals surface area contributed by atoms with Gasteiger partial charge in [-0.2, -0.15) is 0 Å². The SMILES string of the molecule is CC(C)N1CCOC(CSc2cc(N)ccc2Cl)C1. The normalized spacial score (nSPS) is 20.9. The first kappa shape index (κ1) is 15.0. The fourth-order valence-electron chi connectivity index (χ4n) is 2.13. The first-order chi connectivity index (χ1) is 9.06. The zero-order valence-electron chi connectivity index (χ0n) is 11.4. The van der Waals surface area contributed by atoms with Crippen LogP contribution in [0.1, 0.15) is 13.8 Å². The fourth-order valence-corrected chi connectivity index (χ4v) is 3.40. The van der Waals surface area contributed by atoms with E-state index in [1.54, 1.807) is 11.8 Å². The van der Waals surface area contributed by atoms with Crippen LogP contribution in [0, 0.1) is 0 Å². The van der Waals surface area contributed by atoms with Crippen molar-refractivity contribution in [3.8, 4) is 0 Å². The summed E-state index contributed by atoms with van der Waals surface area (Å²) < 4.78 is 5.81. The lowest BCUT2D eigenvalue weighted by atomic mass is 10.2. The molecule has 1 unspecified atom stereocenters. The van der Waals surface area contributed by atoms with Crippen LogP contribution in [-0.2, 0) is 4.74 Å². The summed E-state index contributed by atoms with van der Waals surface area (Å²) in [7, 11) is 0. The lowest BCUT2D eigenvalue weighted by Crippen LogP contribution is -2.46. The number of hydrogen-bond donors (Lipinski definition) is 1. The molecule has 0 aliphatic carbocycles. The van der Waals surface area contributed by atoms with Crippen molar-refractivity contribution >= 4 is 29.1 Å². The van der Waals surface area contributed by atoms with Crippen LogP contribution in [0.2, 0.25) is 5.02 Å². The molecule has 1 aromatic rings. The predicted octanol–water partition coefficient (Wildman–Crippen LogP) is 3.12. The van der Waals surface area contributed by atoms with Crippen LogP contribution in [0.25, 0.3) is 0 Å². The van der Waals surface area contributed by atoms with Crippen molar-refractivity contribution < 1.29 is 4.74 Å². The number of nitrogens with two attached hydrogens (primary N) is 1. The average molecular weight is 301 g/mol. The number of ether oxygens (including phenoxy) is 1. The van der Waals surface area contributed by atoms with Gasteiger partial charge in [-0.3, -0.25) is 4.90 Å². The third kappa shape index (κ3) is 4.28. The molecule has 0 saturated carbocycles. The molecule has 1 aromatic carbocycles. The third-order valence-electron chi connectivity index (χ3n) is 3.28. The molecule has 1 saturated heterocycles. The van der Waals surface area contributed by atoms with Gasteiger partial charge in [0.05, 0.1) is 17.7 Å². The molecule has 1 heterocycles. The maximum atomic E-state index is 6.17. The van der Waals surface area contributed by atoms with Gasteiger partial charge in [0.15, 0.2) is 0 Å². The summed E-state index contributed by atoms with van der Waals surface area (Å²) >= 11 is 7.88. The monoisotopic (exact) mass is 300 g/mol. The molecule has 2 N–H and O–H groups in total. The van der Waals surface area contributed by atoms with Crippen molar-refractivity contribution in [1.82, 2.24) is 4.90 Å². The van der Waals surface area contributed by atoms with E-state index in [2.05, 4.69) is 18.7 Å². The highest BCUT2D eigenvalue weighted by atomic mass is 35.5. The molecule has 2 rings (SSSR count). The molecule has 0 bridgehead atoms. The Balaban J connectivity index is 1.89. The first-order valence-electron chi connectivity index (χ1n) is 6.59. The summed E-state index contributed by atoms with van der Waals surface area (Å²) in [5, 5.41) is 0.760. The summed E-state index contributed by atoms with van der Waals surface area (Å²) in [6.45, 7) is 7.28. The predicted molar refractivity (Wildman–Crippen MR) is 83.0 cm³/mol. The zero-order chi connectivity index (χ0) is 13.8. The minimum Gasteiger partial charge on any atom is -0.399 e. The standard InChI is InChI=1S/C14H21ClN2OS/c1-10(2)17-5-6-18-12(8-17)9-19-14-7-11(16)3-4-13(14)15/h3-4,7,10,12H,5-6,8-9,16H2,1-2H3. The van der Waals surface area contributed by atoms with Gasteiger partial charge in [-0.1, -0.05) is 11.6 Å². The van der Waals surface area contributed by atoms with E-state index in [0.29, 0.717) is 6.04 Å². The molecular formula is C14H21ClN2OS. The van der Waals surface area contributed by atoms with Crippen molar-refractivity contribution in [3.05, 3.63) is 23.2 Å². The van der Waals surface area contributed by atoms with Gasteiger partial charge >= 0.3 is 0 Å². The Labute approximate surface area is 124 Å². The lowest BCUT2D eigenvalue weighted by molar-refractivity contribution is -0.0265. The van der Waals surface area contributed by atoms with Gasteiger partial charge in [0, 0.05) is 35.5 Å². The second-order valence-corrected chi connectivity index (χ2v) is 6.55. The molecule has 19 heavy (non-hydrogen) atoms. The van der Waals surface area contributed by atoms with Crippen LogP contribution in [0.5, 0.6) is 0 Å². The lowest BCUT2D eigenvalue weighted by Gasteiger charge is -2.35. The van der Waals surface area contributed by atoms with Crippen LogP contribution in [0.3, 0.4) is 0 Å². The fraction of sp³-hybridized carbons (Fsp3) is 0.571. The minimum atomic E-state index is 0.263. The molecular weight excluding hydrogens is 280 g/mol. The topological polar surface area (TPSA) is 38.5 Å². The van der Waals surface area contributed by atoms with Crippen LogP contribution in [0.4, 0.5) is 5.69 Å². The van der Waals surface area contributed by atoms with Crippen molar-refractivity contribution in [2.45, 2.75) is 30.9 Å². The van der Waals surface area contributed by atoms with Crippen LogP contribution >= 0.6 is 23.4 Å². The largest absolute Gasteiger partial charge is 0.399 e. The molecule has 0 aromatic heterocycles. The Morgan fingerprint density at radius 3 is 3.05 bits per heavy atom. The highest BCUT2D eigenvalue weighted by molar-refractivity contribution is 7.99. The minimum absolute atomic E-state index is 0.263. The van der Waals surface area contributed by atoms with Crippen LogP contribution in [0.15, 0.2) is 23.1 Å². The summed E-state index contributed by atoms with van der Waals surface area (Å²) in [5.41, 5.74) is 6.54. The molecule has 3 nitrogen and oxygen atoms in total. The molecule has 1 fully saturated rings. The Bertz CT molecular complexity index is 428. The van der Waals surface area contributed by atoms with Crippen molar-refractivity contribution in [2.24, 2.45) is 0 Å². The Hall–Kier alpha value is -0.420. The number of rotatable bonds is 4. The summed E-state index contributed by atoms with van der Waals surface area (Å²) in [5.74, 6) is 0.909. The number of halogens is 1. The Morgan fingerprint density at radius 1 is 1.53 bits per heavy atom. The summed E-state index contributed by atoms with van der Waals surface area (Å²) in [6.07, 6.45) is 0.263. The van der Waals surface area contributed by atoms with Gasteiger partial charge in [0.25, 0.3) is 0 Å². The van der Waals surface area contributed by atoms with Gasteiger partial charge in [0.2, 0.25) is 0 Å². The Morgan fingerprint density at radius 2 is 2.32 bits per heavy atom. The number of nitrogens with zero attached hydrogens (tertiary/aromatic N) is 1. The average Bonchev–Trinajstić information content (AvgIpc) is 2.40. The second kappa shape index (κ2) is 6.84. The highest BCUT2D eigenvalue weighted by Gasteiger charge is 2.22.